The fourth-order valence-corrected chi connectivity index (χ4v) is 3.92. The maximum atomic E-state index is 10.8. The number of rotatable bonds is 7. The molecule has 0 bridgehead atoms. The zero-order valence-electron chi connectivity index (χ0n) is 16.2. The molecule has 4 nitrogen and oxygen atoms in total. The molecule has 0 amide bonds. The van der Waals surface area contributed by atoms with Crippen molar-refractivity contribution in [2.45, 2.75) is 33.1 Å². The second-order valence-corrected chi connectivity index (χ2v) is 6.72. The molecule has 1 aliphatic carbocycles. The third-order valence-electron chi connectivity index (χ3n) is 5.16. The Balaban J connectivity index is 2.55. The number of hydrogen-bond acceptors (Lipinski definition) is 4. The average Bonchev–Trinajstić information content (AvgIpc) is 2.60. The van der Waals surface area contributed by atoms with E-state index in [4.69, 9.17) is 9.47 Å². The Morgan fingerprint density at radius 2 is 1.92 bits per heavy atom. The van der Waals surface area contributed by atoms with Crippen molar-refractivity contribution in [1.82, 2.24) is 5.32 Å². The van der Waals surface area contributed by atoms with E-state index in [9.17, 15) is 5.11 Å². The summed E-state index contributed by atoms with van der Waals surface area (Å²) in [5.41, 5.74) is 3.39. The summed E-state index contributed by atoms with van der Waals surface area (Å²) >= 11 is 0. The van der Waals surface area contributed by atoms with E-state index in [-0.39, 0.29) is 23.5 Å². The summed E-state index contributed by atoms with van der Waals surface area (Å²) in [6.07, 6.45) is 5.42. The molecule has 0 aromatic heterocycles. The van der Waals surface area contributed by atoms with Gasteiger partial charge in [0.1, 0.15) is 0 Å². The number of ether oxygens (including phenoxy) is 2. The number of allylic oxidation sites excluding steroid dienone is 2. The SMILES string of the molecule is CCC(c1c(C)ccc(OC)c1O)[C@@H]1C=C(OC)[C@@H](C)C=C1CNC. The molecule has 1 aliphatic rings. The molecule has 0 heterocycles. The monoisotopic (exact) mass is 345 g/mol. The van der Waals surface area contributed by atoms with Crippen LogP contribution in [0.3, 0.4) is 0 Å². The fraction of sp³-hybridized carbons (Fsp3) is 0.524. The van der Waals surface area contributed by atoms with Crippen molar-refractivity contribution < 1.29 is 14.6 Å². The maximum absolute atomic E-state index is 10.8. The summed E-state index contributed by atoms with van der Waals surface area (Å²) in [5, 5.41) is 14.1. The molecule has 0 aliphatic heterocycles. The first-order chi connectivity index (χ1) is 12.0. The van der Waals surface area contributed by atoms with Gasteiger partial charge in [0.05, 0.1) is 20.0 Å². The van der Waals surface area contributed by atoms with Crippen LogP contribution < -0.4 is 10.1 Å². The number of methoxy groups -OCH3 is 2. The number of nitrogens with one attached hydrogen (secondary N) is 1. The first kappa shape index (κ1) is 19.4. The van der Waals surface area contributed by atoms with Crippen LogP contribution in [0.1, 0.15) is 37.3 Å². The van der Waals surface area contributed by atoms with Crippen LogP contribution in [0.25, 0.3) is 0 Å². The summed E-state index contributed by atoms with van der Waals surface area (Å²) in [6.45, 7) is 7.18. The van der Waals surface area contributed by atoms with Gasteiger partial charge in [0.25, 0.3) is 0 Å². The number of aromatic hydroxyl groups is 1. The minimum atomic E-state index is 0.160. The van der Waals surface area contributed by atoms with Gasteiger partial charge in [-0.15, -0.1) is 0 Å². The lowest BCUT2D eigenvalue weighted by molar-refractivity contribution is 0.251. The van der Waals surface area contributed by atoms with Gasteiger partial charge in [0.2, 0.25) is 0 Å². The largest absolute Gasteiger partial charge is 0.504 e. The van der Waals surface area contributed by atoms with Crippen LogP contribution in [0.5, 0.6) is 11.5 Å². The molecule has 138 valence electrons. The molecular formula is C21H31NO3. The van der Waals surface area contributed by atoms with Gasteiger partial charge in [0.15, 0.2) is 11.5 Å². The van der Waals surface area contributed by atoms with Gasteiger partial charge >= 0.3 is 0 Å². The summed E-state index contributed by atoms with van der Waals surface area (Å²) in [5.74, 6) is 2.38. The third-order valence-corrected chi connectivity index (χ3v) is 5.16. The Hall–Kier alpha value is -1.94. The first-order valence-electron chi connectivity index (χ1n) is 8.95. The lowest BCUT2D eigenvalue weighted by Gasteiger charge is -2.33. The first-order valence-corrected chi connectivity index (χ1v) is 8.95. The highest BCUT2D eigenvalue weighted by Gasteiger charge is 2.31. The molecule has 0 saturated carbocycles. The Labute approximate surface area is 151 Å². The molecule has 0 saturated heterocycles. The second-order valence-electron chi connectivity index (χ2n) is 6.72. The van der Waals surface area contributed by atoms with Crippen LogP contribution in [0.15, 0.2) is 35.6 Å². The topological polar surface area (TPSA) is 50.7 Å². The number of aryl methyl sites for hydroxylation is 1. The van der Waals surface area contributed by atoms with Crippen LogP contribution in [-0.2, 0) is 4.74 Å². The van der Waals surface area contributed by atoms with E-state index in [2.05, 4.69) is 31.3 Å². The predicted molar refractivity (Wildman–Crippen MR) is 102 cm³/mol. The molecule has 25 heavy (non-hydrogen) atoms. The second kappa shape index (κ2) is 8.43. The number of phenolic OH excluding ortho intramolecular Hbond substituents is 1. The zero-order chi connectivity index (χ0) is 18.6. The van der Waals surface area contributed by atoms with Crippen LogP contribution in [0.2, 0.25) is 0 Å². The molecule has 3 atom stereocenters. The standard InChI is InChI=1S/C21H31NO3/c1-7-16(20-13(2)8-9-18(24-5)21(20)23)17-11-19(25-6)14(3)10-15(17)12-22-4/h8-11,14,16-17,22-23H,7,12H2,1-6H3/t14-,16?,17+/m0/s1. The average molecular weight is 345 g/mol. The van der Waals surface area contributed by atoms with Gasteiger partial charge in [-0.2, -0.15) is 0 Å². The molecule has 4 heteroatoms. The van der Waals surface area contributed by atoms with Crippen molar-refractivity contribution in [3.63, 3.8) is 0 Å². The minimum absolute atomic E-state index is 0.160. The summed E-state index contributed by atoms with van der Waals surface area (Å²) in [4.78, 5) is 0. The van der Waals surface area contributed by atoms with Crippen LogP contribution >= 0.6 is 0 Å². The molecule has 0 fully saturated rings. The quantitative estimate of drug-likeness (QED) is 0.729. The highest BCUT2D eigenvalue weighted by atomic mass is 16.5. The van der Waals surface area contributed by atoms with Crippen molar-refractivity contribution in [3.8, 4) is 11.5 Å². The van der Waals surface area contributed by atoms with Crippen LogP contribution in [0.4, 0.5) is 0 Å². The number of likely N-dealkylation sites (N-methyl/N-ethyl adjacent to an activating group) is 1. The highest BCUT2D eigenvalue weighted by Crippen LogP contribution is 2.45. The normalized spacial score (nSPS) is 21.4. The van der Waals surface area contributed by atoms with Gasteiger partial charge in [-0.3, -0.25) is 0 Å². The molecule has 2 N–H and O–H groups in total. The van der Waals surface area contributed by atoms with Gasteiger partial charge in [-0.05, 0) is 44.0 Å². The highest BCUT2D eigenvalue weighted by molar-refractivity contribution is 5.52. The van der Waals surface area contributed by atoms with Crippen molar-refractivity contribution in [2.24, 2.45) is 11.8 Å². The van der Waals surface area contributed by atoms with Crippen molar-refractivity contribution in [2.75, 3.05) is 27.8 Å². The maximum Gasteiger partial charge on any atom is 0.161 e. The van der Waals surface area contributed by atoms with E-state index >= 15 is 0 Å². The predicted octanol–water partition coefficient (Wildman–Crippen LogP) is 4.14. The summed E-state index contributed by atoms with van der Waals surface area (Å²) in [6, 6.07) is 3.84. The Bertz CT molecular complexity index is 663. The molecule has 1 unspecified atom stereocenters. The molecule has 0 radical (unpaired) electrons. The summed E-state index contributed by atoms with van der Waals surface area (Å²) in [7, 11) is 5.28. The Morgan fingerprint density at radius 1 is 1.20 bits per heavy atom. The molecule has 1 aromatic carbocycles. The smallest absolute Gasteiger partial charge is 0.161 e. The van der Waals surface area contributed by atoms with Crippen molar-refractivity contribution >= 4 is 0 Å². The minimum Gasteiger partial charge on any atom is -0.504 e. The van der Waals surface area contributed by atoms with Crippen molar-refractivity contribution in [1.29, 1.82) is 0 Å². The molecular weight excluding hydrogens is 314 g/mol. The van der Waals surface area contributed by atoms with Gasteiger partial charge in [0, 0.05) is 23.9 Å². The van der Waals surface area contributed by atoms with E-state index in [0.717, 1.165) is 29.9 Å². The van der Waals surface area contributed by atoms with E-state index in [1.54, 1.807) is 14.2 Å². The van der Waals surface area contributed by atoms with Crippen LogP contribution in [0, 0.1) is 18.8 Å². The Morgan fingerprint density at radius 3 is 2.48 bits per heavy atom. The van der Waals surface area contributed by atoms with E-state index in [1.165, 1.54) is 5.57 Å². The molecule has 1 aromatic rings. The van der Waals surface area contributed by atoms with Crippen molar-refractivity contribution in [3.05, 3.63) is 46.7 Å². The lowest BCUT2D eigenvalue weighted by Crippen LogP contribution is -2.26. The molecule has 2 rings (SSSR count). The van der Waals surface area contributed by atoms with E-state index < -0.39 is 0 Å². The third kappa shape index (κ3) is 3.84. The van der Waals surface area contributed by atoms with Crippen LogP contribution in [-0.4, -0.2) is 32.9 Å². The lowest BCUT2D eigenvalue weighted by atomic mass is 9.74. The Kier molecular flexibility index (Phi) is 6.54. The van der Waals surface area contributed by atoms with Gasteiger partial charge < -0.3 is 19.9 Å². The number of benzene rings is 1. The fourth-order valence-electron chi connectivity index (χ4n) is 3.92. The molecule has 0 spiro atoms. The van der Waals surface area contributed by atoms with E-state index in [1.807, 2.05) is 26.1 Å². The number of phenols is 1. The van der Waals surface area contributed by atoms with Gasteiger partial charge in [-0.25, -0.2) is 0 Å². The zero-order valence-corrected chi connectivity index (χ0v) is 16.2. The van der Waals surface area contributed by atoms with E-state index in [0.29, 0.717) is 5.75 Å². The number of hydrogen-bond donors (Lipinski definition) is 2. The van der Waals surface area contributed by atoms with Gasteiger partial charge in [-0.1, -0.05) is 31.6 Å². The summed E-state index contributed by atoms with van der Waals surface area (Å²) < 4.78 is 10.9.